The fourth-order valence-electron chi connectivity index (χ4n) is 1.59. The molecule has 0 unspecified atom stereocenters. The van der Waals surface area contributed by atoms with Crippen molar-refractivity contribution in [3.63, 3.8) is 0 Å². The van der Waals surface area contributed by atoms with Crippen LogP contribution in [0.25, 0.3) is 0 Å². The molecule has 1 aromatic heterocycles. The molecule has 0 spiro atoms. The van der Waals surface area contributed by atoms with Crippen molar-refractivity contribution >= 4 is 17.3 Å². The molecule has 0 aliphatic rings. The Labute approximate surface area is 104 Å². The number of aryl methyl sites for hydroxylation is 2. The lowest BCUT2D eigenvalue weighted by molar-refractivity contribution is -0.136. The summed E-state index contributed by atoms with van der Waals surface area (Å²) in [6.07, 6.45) is 3.55. The predicted molar refractivity (Wildman–Crippen MR) is 67.3 cm³/mol. The van der Waals surface area contributed by atoms with Crippen molar-refractivity contribution in [3.05, 3.63) is 52.0 Å². The molecule has 0 atom stereocenters. The van der Waals surface area contributed by atoms with E-state index >= 15 is 0 Å². The molecule has 0 aliphatic carbocycles. The molecular weight excluding hydrogens is 234 g/mol. The lowest BCUT2D eigenvalue weighted by atomic mass is 10.1. The van der Waals surface area contributed by atoms with Gasteiger partial charge in [0.25, 0.3) is 0 Å². The third-order valence-corrected chi connectivity index (χ3v) is 3.45. The molecule has 0 saturated carbocycles. The summed E-state index contributed by atoms with van der Waals surface area (Å²) in [7, 11) is 0. The van der Waals surface area contributed by atoms with Crippen LogP contribution in [-0.4, -0.2) is 16.1 Å². The third-order valence-electron chi connectivity index (χ3n) is 2.40. The summed E-state index contributed by atoms with van der Waals surface area (Å²) < 4.78 is 0. The molecule has 2 aromatic rings. The number of carboxylic acids is 1. The Hall–Kier alpha value is -1.68. The van der Waals surface area contributed by atoms with Crippen LogP contribution in [0.2, 0.25) is 0 Å². The zero-order chi connectivity index (χ0) is 12.1. The van der Waals surface area contributed by atoms with Crippen molar-refractivity contribution < 1.29 is 9.90 Å². The van der Waals surface area contributed by atoms with Gasteiger partial charge in [-0.25, -0.2) is 4.98 Å². The molecule has 1 N–H and O–H groups in total. The lowest BCUT2D eigenvalue weighted by Gasteiger charge is -1.97. The summed E-state index contributed by atoms with van der Waals surface area (Å²) in [6, 6.07) is 10.2. The van der Waals surface area contributed by atoms with Crippen LogP contribution in [0.4, 0.5) is 0 Å². The first-order chi connectivity index (χ1) is 8.24. The summed E-state index contributed by atoms with van der Waals surface area (Å²) in [5.41, 5.74) is 1.28. The quantitative estimate of drug-likeness (QED) is 0.883. The summed E-state index contributed by atoms with van der Waals surface area (Å²) in [5, 5.41) is 9.67. The van der Waals surface area contributed by atoms with Crippen molar-refractivity contribution in [1.29, 1.82) is 0 Å². The average molecular weight is 247 g/mol. The van der Waals surface area contributed by atoms with Crippen LogP contribution in [-0.2, 0) is 24.1 Å². The molecule has 0 radical (unpaired) electrons. The molecule has 17 heavy (non-hydrogen) atoms. The number of hydrogen-bond acceptors (Lipinski definition) is 3. The van der Waals surface area contributed by atoms with Gasteiger partial charge in [-0.1, -0.05) is 30.3 Å². The second-order valence-corrected chi connectivity index (χ2v) is 4.98. The molecule has 1 aromatic carbocycles. The number of benzene rings is 1. The van der Waals surface area contributed by atoms with E-state index in [-0.39, 0.29) is 6.42 Å². The Morgan fingerprint density at radius 3 is 2.71 bits per heavy atom. The summed E-state index contributed by atoms with van der Waals surface area (Å²) in [5.74, 6) is -0.803. The van der Waals surface area contributed by atoms with Gasteiger partial charge in [-0.2, -0.15) is 0 Å². The minimum atomic E-state index is -0.803. The summed E-state index contributed by atoms with van der Waals surface area (Å²) >= 11 is 1.49. The highest BCUT2D eigenvalue weighted by molar-refractivity contribution is 7.11. The van der Waals surface area contributed by atoms with Crippen molar-refractivity contribution in [2.24, 2.45) is 0 Å². The van der Waals surface area contributed by atoms with E-state index in [1.807, 2.05) is 18.2 Å². The Bertz CT molecular complexity index is 493. The minimum absolute atomic E-state index is 0.0724. The summed E-state index contributed by atoms with van der Waals surface area (Å²) in [4.78, 5) is 15.6. The highest BCUT2D eigenvalue weighted by Gasteiger charge is 2.06. The monoisotopic (exact) mass is 247 g/mol. The van der Waals surface area contributed by atoms with E-state index < -0.39 is 5.97 Å². The Kier molecular flexibility index (Phi) is 3.88. The standard InChI is InChI=1S/C13H13NO2S/c15-13(16)8-11-9-14-12(17-11)7-6-10-4-2-1-3-5-10/h1-5,9H,6-8H2,(H,15,16). The van der Waals surface area contributed by atoms with Gasteiger partial charge in [0.1, 0.15) is 0 Å². The Morgan fingerprint density at radius 2 is 2.00 bits per heavy atom. The number of nitrogens with zero attached hydrogens (tertiary/aromatic N) is 1. The van der Waals surface area contributed by atoms with E-state index in [1.54, 1.807) is 6.20 Å². The first-order valence-electron chi connectivity index (χ1n) is 5.43. The number of carbonyl (C=O) groups is 1. The third kappa shape index (κ3) is 3.67. The van der Waals surface area contributed by atoms with Crippen LogP contribution in [0.3, 0.4) is 0 Å². The predicted octanol–water partition coefficient (Wildman–Crippen LogP) is 2.56. The van der Waals surface area contributed by atoms with E-state index in [0.717, 1.165) is 22.7 Å². The van der Waals surface area contributed by atoms with Gasteiger partial charge in [-0.05, 0) is 12.0 Å². The van der Waals surface area contributed by atoms with Crippen LogP contribution in [0.15, 0.2) is 36.5 Å². The molecule has 0 fully saturated rings. The van der Waals surface area contributed by atoms with Gasteiger partial charge in [0.2, 0.25) is 0 Å². The fourth-order valence-corrected chi connectivity index (χ4v) is 2.50. The molecule has 2 rings (SSSR count). The first-order valence-corrected chi connectivity index (χ1v) is 6.25. The Morgan fingerprint density at radius 1 is 1.24 bits per heavy atom. The van der Waals surface area contributed by atoms with E-state index in [9.17, 15) is 4.79 Å². The van der Waals surface area contributed by atoms with Crippen molar-refractivity contribution in [2.75, 3.05) is 0 Å². The molecular formula is C13H13NO2S. The van der Waals surface area contributed by atoms with E-state index in [2.05, 4.69) is 17.1 Å². The maximum Gasteiger partial charge on any atom is 0.308 e. The molecule has 0 aliphatic heterocycles. The smallest absolute Gasteiger partial charge is 0.308 e. The summed E-state index contributed by atoms with van der Waals surface area (Å²) in [6.45, 7) is 0. The maximum atomic E-state index is 10.5. The number of aromatic nitrogens is 1. The van der Waals surface area contributed by atoms with Gasteiger partial charge in [-0.15, -0.1) is 11.3 Å². The number of hydrogen-bond donors (Lipinski definition) is 1. The SMILES string of the molecule is O=C(O)Cc1cnc(CCc2ccccc2)s1. The largest absolute Gasteiger partial charge is 0.481 e. The minimum Gasteiger partial charge on any atom is -0.481 e. The van der Waals surface area contributed by atoms with Crippen molar-refractivity contribution in [1.82, 2.24) is 4.98 Å². The van der Waals surface area contributed by atoms with E-state index in [4.69, 9.17) is 5.11 Å². The van der Waals surface area contributed by atoms with Gasteiger partial charge in [0, 0.05) is 17.5 Å². The number of thiazole rings is 1. The van der Waals surface area contributed by atoms with Gasteiger partial charge >= 0.3 is 5.97 Å². The van der Waals surface area contributed by atoms with Crippen LogP contribution in [0.5, 0.6) is 0 Å². The number of aliphatic carboxylic acids is 1. The molecule has 0 bridgehead atoms. The molecule has 0 amide bonds. The van der Waals surface area contributed by atoms with Gasteiger partial charge in [0.15, 0.2) is 0 Å². The van der Waals surface area contributed by atoms with Gasteiger partial charge in [-0.3, -0.25) is 4.79 Å². The molecule has 4 heteroatoms. The molecule has 0 saturated heterocycles. The lowest BCUT2D eigenvalue weighted by Crippen LogP contribution is -1.97. The van der Waals surface area contributed by atoms with Crippen LogP contribution >= 0.6 is 11.3 Å². The highest BCUT2D eigenvalue weighted by atomic mass is 32.1. The normalized spacial score (nSPS) is 10.4. The maximum absolute atomic E-state index is 10.5. The Balaban J connectivity index is 1.91. The van der Waals surface area contributed by atoms with E-state index in [0.29, 0.717) is 0 Å². The fraction of sp³-hybridized carbons (Fsp3) is 0.231. The van der Waals surface area contributed by atoms with Crippen LogP contribution in [0, 0.1) is 0 Å². The topological polar surface area (TPSA) is 50.2 Å². The van der Waals surface area contributed by atoms with Gasteiger partial charge in [0.05, 0.1) is 11.4 Å². The number of rotatable bonds is 5. The van der Waals surface area contributed by atoms with Crippen LogP contribution in [0.1, 0.15) is 15.4 Å². The molecule has 1 heterocycles. The van der Waals surface area contributed by atoms with Crippen molar-refractivity contribution in [2.45, 2.75) is 19.3 Å². The zero-order valence-electron chi connectivity index (χ0n) is 9.30. The average Bonchev–Trinajstić information content (AvgIpc) is 2.75. The van der Waals surface area contributed by atoms with E-state index in [1.165, 1.54) is 16.9 Å². The van der Waals surface area contributed by atoms with Crippen LogP contribution < -0.4 is 0 Å². The second kappa shape index (κ2) is 5.59. The second-order valence-electron chi connectivity index (χ2n) is 3.78. The van der Waals surface area contributed by atoms with Crippen molar-refractivity contribution in [3.8, 4) is 0 Å². The molecule has 3 nitrogen and oxygen atoms in total. The highest BCUT2D eigenvalue weighted by Crippen LogP contribution is 2.15. The first kappa shape index (κ1) is 11.8. The number of carboxylic acid groups (broad SMARTS) is 1. The van der Waals surface area contributed by atoms with Gasteiger partial charge < -0.3 is 5.11 Å². The molecule has 88 valence electrons. The zero-order valence-corrected chi connectivity index (χ0v) is 10.1.